The third kappa shape index (κ3) is 4.73. The summed E-state index contributed by atoms with van der Waals surface area (Å²) in [5.74, 6) is 0.716. The van der Waals surface area contributed by atoms with E-state index in [1.807, 2.05) is 54.6 Å². The Balaban J connectivity index is 1.57. The molecule has 1 atom stereocenters. The Morgan fingerprint density at radius 2 is 1.78 bits per heavy atom. The van der Waals surface area contributed by atoms with E-state index >= 15 is 0 Å². The molecule has 0 aromatic heterocycles. The van der Waals surface area contributed by atoms with E-state index < -0.39 is 0 Å². The molecule has 2 amide bonds. The largest absolute Gasteiger partial charge is 0.497 e. The second-order valence-corrected chi connectivity index (χ2v) is 8.53. The van der Waals surface area contributed by atoms with Crippen LogP contribution in [0.3, 0.4) is 0 Å². The molecule has 3 aromatic carbocycles. The van der Waals surface area contributed by atoms with Crippen molar-refractivity contribution in [1.29, 1.82) is 0 Å². The number of hydrogen-bond acceptors (Lipinski definition) is 5. The fourth-order valence-corrected chi connectivity index (χ4v) is 4.92. The lowest BCUT2D eigenvalue weighted by atomic mass is 10.1. The highest BCUT2D eigenvalue weighted by atomic mass is 32.2. The van der Waals surface area contributed by atoms with Gasteiger partial charge in [-0.1, -0.05) is 42.5 Å². The maximum Gasteiger partial charge on any atom is 0.244 e. The van der Waals surface area contributed by atoms with E-state index in [4.69, 9.17) is 9.47 Å². The second-order valence-electron chi connectivity index (χ2n) is 7.28. The molecule has 6 nitrogen and oxygen atoms in total. The summed E-state index contributed by atoms with van der Waals surface area (Å²) in [5.41, 5.74) is 2.36. The van der Waals surface area contributed by atoms with Gasteiger partial charge in [0.2, 0.25) is 11.8 Å². The number of ether oxygens (including phenoxy) is 2. The molecule has 4 rings (SSSR count). The third-order valence-electron chi connectivity index (χ3n) is 5.24. The summed E-state index contributed by atoms with van der Waals surface area (Å²) in [4.78, 5) is 28.7. The molecular formula is C25H24N2O4S. The Hall–Kier alpha value is -3.45. The number of carbonyl (C=O) groups is 2. The number of methoxy groups -OCH3 is 2. The summed E-state index contributed by atoms with van der Waals surface area (Å²) < 4.78 is 10.6. The van der Waals surface area contributed by atoms with Crippen LogP contribution in [0.1, 0.15) is 17.2 Å². The van der Waals surface area contributed by atoms with Crippen molar-refractivity contribution in [1.82, 2.24) is 0 Å². The van der Waals surface area contributed by atoms with Gasteiger partial charge in [-0.3, -0.25) is 9.59 Å². The molecule has 3 aromatic rings. The summed E-state index contributed by atoms with van der Waals surface area (Å²) in [6.07, 6.45) is 0.308. The van der Waals surface area contributed by atoms with Crippen molar-refractivity contribution in [2.24, 2.45) is 0 Å². The topological polar surface area (TPSA) is 67.9 Å². The Morgan fingerprint density at radius 1 is 1.03 bits per heavy atom. The fraction of sp³-hybridized carbons (Fsp3) is 0.200. The van der Waals surface area contributed by atoms with Crippen molar-refractivity contribution < 1.29 is 19.1 Å². The number of nitrogens with zero attached hydrogens (tertiary/aromatic N) is 1. The van der Waals surface area contributed by atoms with Gasteiger partial charge in [-0.15, -0.1) is 11.8 Å². The lowest BCUT2D eigenvalue weighted by Crippen LogP contribution is -2.38. The molecule has 0 fully saturated rings. The van der Waals surface area contributed by atoms with Crippen LogP contribution in [0.5, 0.6) is 11.5 Å². The minimum atomic E-state index is -0.306. The number of carbonyl (C=O) groups excluding carboxylic acids is 2. The van der Waals surface area contributed by atoms with Crippen LogP contribution in [0.2, 0.25) is 0 Å². The van der Waals surface area contributed by atoms with Crippen molar-refractivity contribution in [3.63, 3.8) is 0 Å². The molecule has 0 aliphatic carbocycles. The van der Waals surface area contributed by atoms with Gasteiger partial charge in [-0.05, 0) is 29.8 Å². The predicted molar refractivity (Wildman–Crippen MR) is 127 cm³/mol. The van der Waals surface area contributed by atoms with Crippen LogP contribution in [-0.4, -0.2) is 32.6 Å². The summed E-state index contributed by atoms with van der Waals surface area (Å²) in [6, 6.07) is 22.8. The van der Waals surface area contributed by atoms with Crippen LogP contribution < -0.4 is 19.7 Å². The van der Waals surface area contributed by atoms with Crippen LogP contribution in [0.25, 0.3) is 0 Å². The van der Waals surface area contributed by atoms with Crippen LogP contribution >= 0.6 is 11.8 Å². The molecule has 1 unspecified atom stereocenters. The normalized spacial score (nSPS) is 15.5. The number of rotatable bonds is 6. The van der Waals surface area contributed by atoms with Crippen molar-refractivity contribution >= 4 is 35.0 Å². The molecule has 0 radical (unpaired) electrons. The third-order valence-corrected chi connectivity index (χ3v) is 6.56. The van der Waals surface area contributed by atoms with Crippen LogP contribution in [-0.2, 0) is 9.59 Å². The first-order valence-electron chi connectivity index (χ1n) is 10.2. The van der Waals surface area contributed by atoms with Gasteiger partial charge in [-0.25, -0.2) is 0 Å². The molecule has 0 saturated carbocycles. The highest BCUT2D eigenvalue weighted by molar-refractivity contribution is 7.99. The Labute approximate surface area is 191 Å². The van der Waals surface area contributed by atoms with E-state index in [2.05, 4.69) is 5.32 Å². The molecule has 0 bridgehead atoms. The maximum atomic E-state index is 13.2. The summed E-state index contributed by atoms with van der Waals surface area (Å²) in [7, 11) is 3.09. The van der Waals surface area contributed by atoms with Gasteiger partial charge >= 0.3 is 0 Å². The van der Waals surface area contributed by atoms with E-state index in [1.54, 1.807) is 42.0 Å². The molecule has 0 saturated heterocycles. The lowest BCUT2D eigenvalue weighted by Gasteiger charge is -2.22. The molecule has 0 spiro atoms. The average Bonchev–Trinajstić information content (AvgIpc) is 2.96. The predicted octanol–water partition coefficient (Wildman–Crippen LogP) is 4.91. The number of thioether (sulfide) groups is 1. The number of nitrogens with one attached hydrogen (secondary N) is 1. The first-order valence-corrected chi connectivity index (χ1v) is 11.1. The highest BCUT2D eigenvalue weighted by Crippen LogP contribution is 2.45. The van der Waals surface area contributed by atoms with Crippen LogP contribution in [0.15, 0.2) is 77.7 Å². The quantitative estimate of drug-likeness (QED) is 0.580. The standard InChI is InChI=1S/C25H24N2O4S/c1-30-18-12-13-19(21(14-18)31-2)26-24(28)16-27-20-10-6-7-11-22(20)32-23(15-25(27)29)17-8-4-3-5-9-17/h3-14,23H,15-16H2,1-2H3,(H,26,28). The van der Waals surface area contributed by atoms with E-state index in [1.165, 1.54) is 7.11 Å². The first-order chi connectivity index (χ1) is 15.6. The minimum Gasteiger partial charge on any atom is -0.497 e. The summed E-state index contributed by atoms with van der Waals surface area (Å²) >= 11 is 1.65. The highest BCUT2D eigenvalue weighted by Gasteiger charge is 2.30. The Kier molecular flexibility index (Phi) is 6.66. The number of benzene rings is 3. The van der Waals surface area contributed by atoms with E-state index in [-0.39, 0.29) is 23.6 Å². The van der Waals surface area contributed by atoms with E-state index in [9.17, 15) is 9.59 Å². The zero-order valence-electron chi connectivity index (χ0n) is 17.9. The van der Waals surface area contributed by atoms with Crippen molar-refractivity contribution in [2.75, 3.05) is 31.0 Å². The van der Waals surface area contributed by atoms with Gasteiger partial charge in [0.05, 0.1) is 25.6 Å². The van der Waals surface area contributed by atoms with E-state index in [0.29, 0.717) is 23.6 Å². The first kappa shape index (κ1) is 21.8. The van der Waals surface area contributed by atoms with Gasteiger partial charge in [0.25, 0.3) is 0 Å². The molecule has 7 heteroatoms. The van der Waals surface area contributed by atoms with Crippen molar-refractivity contribution in [3.05, 3.63) is 78.4 Å². The van der Waals surface area contributed by atoms with Gasteiger partial charge in [0, 0.05) is 22.6 Å². The van der Waals surface area contributed by atoms with Crippen molar-refractivity contribution in [3.8, 4) is 11.5 Å². The monoisotopic (exact) mass is 448 g/mol. The zero-order chi connectivity index (χ0) is 22.5. The molecule has 32 heavy (non-hydrogen) atoms. The van der Waals surface area contributed by atoms with Crippen LogP contribution in [0, 0.1) is 0 Å². The minimum absolute atomic E-state index is 0.0143. The molecule has 1 aliphatic rings. The number of hydrogen-bond donors (Lipinski definition) is 1. The maximum absolute atomic E-state index is 13.2. The Bertz CT molecular complexity index is 1120. The van der Waals surface area contributed by atoms with E-state index in [0.717, 1.165) is 16.1 Å². The zero-order valence-corrected chi connectivity index (χ0v) is 18.7. The average molecular weight is 449 g/mol. The van der Waals surface area contributed by atoms with Gasteiger partial charge < -0.3 is 19.7 Å². The second kappa shape index (κ2) is 9.78. The molecule has 164 valence electrons. The van der Waals surface area contributed by atoms with Crippen molar-refractivity contribution in [2.45, 2.75) is 16.6 Å². The van der Waals surface area contributed by atoms with Gasteiger partial charge in [0.15, 0.2) is 0 Å². The number of amides is 2. The molecule has 1 N–H and O–H groups in total. The Morgan fingerprint density at radius 3 is 2.53 bits per heavy atom. The summed E-state index contributed by atoms with van der Waals surface area (Å²) in [5, 5.41) is 2.84. The smallest absolute Gasteiger partial charge is 0.244 e. The number of anilines is 2. The van der Waals surface area contributed by atoms with Gasteiger partial charge in [0.1, 0.15) is 18.0 Å². The number of fused-ring (bicyclic) bond motifs is 1. The van der Waals surface area contributed by atoms with Gasteiger partial charge in [-0.2, -0.15) is 0 Å². The summed E-state index contributed by atoms with van der Waals surface area (Å²) in [6.45, 7) is -0.0902. The molecule has 1 heterocycles. The molecular weight excluding hydrogens is 424 g/mol. The van der Waals surface area contributed by atoms with Crippen LogP contribution in [0.4, 0.5) is 11.4 Å². The molecule has 1 aliphatic heterocycles. The lowest BCUT2D eigenvalue weighted by molar-refractivity contribution is -0.121. The SMILES string of the molecule is COc1ccc(NC(=O)CN2C(=O)CC(c3ccccc3)Sc3ccccc32)c(OC)c1. The fourth-order valence-electron chi connectivity index (χ4n) is 3.64. The number of para-hydroxylation sites is 1.